The molecule has 9 heteroatoms. The van der Waals surface area contributed by atoms with Gasteiger partial charge in [0.05, 0.1) is 9.79 Å². The molecular weight excluding hydrogens is 343 g/mol. The van der Waals surface area contributed by atoms with Crippen LogP contribution in [0.4, 0.5) is 0 Å². The zero-order chi connectivity index (χ0) is 15.2. The van der Waals surface area contributed by atoms with Gasteiger partial charge in [-0.25, -0.2) is 8.42 Å². The molecular formula is C12H11KO6S2. The first-order valence-electron chi connectivity index (χ1n) is 5.25. The van der Waals surface area contributed by atoms with Gasteiger partial charge in [0, 0.05) is 0 Å². The predicted molar refractivity (Wildman–Crippen MR) is 70.7 cm³/mol. The molecule has 0 heterocycles. The Morgan fingerprint density at radius 2 is 1.05 bits per heavy atom. The van der Waals surface area contributed by atoms with E-state index in [1.807, 2.05) is 0 Å². The van der Waals surface area contributed by atoms with Gasteiger partial charge in [-0.3, -0.25) is 4.55 Å². The van der Waals surface area contributed by atoms with Crippen LogP contribution in [0.25, 0.3) is 0 Å². The van der Waals surface area contributed by atoms with Gasteiger partial charge in [0.25, 0.3) is 10.1 Å². The van der Waals surface area contributed by atoms with E-state index in [4.69, 9.17) is 4.55 Å². The molecule has 0 unspecified atom stereocenters. The average molecular weight is 354 g/mol. The van der Waals surface area contributed by atoms with Crippen molar-refractivity contribution in [2.45, 2.75) is 9.79 Å². The molecule has 0 amide bonds. The number of rotatable bonds is 2. The second kappa shape index (κ2) is 9.13. The summed E-state index contributed by atoms with van der Waals surface area (Å²) >= 11 is 0. The molecule has 0 atom stereocenters. The Morgan fingerprint density at radius 1 is 0.714 bits per heavy atom. The van der Waals surface area contributed by atoms with E-state index >= 15 is 0 Å². The van der Waals surface area contributed by atoms with Crippen LogP contribution in [0.1, 0.15) is 0 Å². The molecule has 2 aromatic carbocycles. The Labute approximate surface area is 166 Å². The van der Waals surface area contributed by atoms with Gasteiger partial charge in [-0.1, -0.05) is 36.4 Å². The molecule has 0 saturated carbocycles. The molecule has 0 aliphatic rings. The summed E-state index contributed by atoms with van der Waals surface area (Å²) in [7, 11) is -8.26. The summed E-state index contributed by atoms with van der Waals surface area (Å²) in [6.07, 6.45) is 0. The zero-order valence-corrected chi connectivity index (χ0v) is 15.8. The van der Waals surface area contributed by atoms with Crippen LogP contribution in [0.3, 0.4) is 0 Å². The predicted octanol–water partition coefficient (Wildman–Crippen LogP) is -1.47. The van der Waals surface area contributed by atoms with Crippen LogP contribution in [-0.2, 0) is 20.2 Å². The van der Waals surface area contributed by atoms with Crippen molar-refractivity contribution in [3.63, 3.8) is 0 Å². The van der Waals surface area contributed by atoms with Crippen molar-refractivity contribution < 1.29 is 77.3 Å². The molecule has 1 N–H and O–H groups in total. The molecule has 0 bridgehead atoms. The fourth-order valence-electron chi connectivity index (χ4n) is 1.18. The van der Waals surface area contributed by atoms with Crippen molar-refractivity contribution in [2.75, 3.05) is 0 Å². The van der Waals surface area contributed by atoms with Crippen molar-refractivity contribution >= 4 is 20.2 Å². The van der Waals surface area contributed by atoms with Crippen LogP contribution >= 0.6 is 0 Å². The number of hydrogen-bond acceptors (Lipinski definition) is 5. The van der Waals surface area contributed by atoms with Gasteiger partial charge in [-0.05, 0) is 24.3 Å². The topological polar surface area (TPSA) is 112 Å². The molecule has 6 nitrogen and oxygen atoms in total. The molecule has 0 aliphatic heterocycles. The van der Waals surface area contributed by atoms with Crippen molar-refractivity contribution in [3.05, 3.63) is 60.7 Å². The SMILES string of the molecule is O=S(=O)(O)c1ccccc1.O=S(=O)([O-])c1ccccc1.[K+]. The molecule has 0 spiro atoms. The van der Waals surface area contributed by atoms with E-state index in [0.29, 0.717) is 0 Å². The Morgan fingerprint density at radius 3 is 1.24 bits per heavy atom. The van der Waals surface area contributed by atoms with Gasteiger partial charge in [-0.15, -0.1) is 0 Å². The second-order valence-electron chi connectivity index (χ2n) is 3.56. The maximum absolute atomic E-state index is 10.4. The van der Waals surface area contributed by atoms with Crippen LogP contribution in [0.5, 0.6) is 0 Å². The van der Waals surface area contributed by atoms with Crippen molar-refractivity contribution in [3.8, 4) is 0 Å². The van der Waals surface area contributed by atoms with Gasteiger partial charge in [0.2, 0.25) is 0 Å². The third-order valence-electron chi connectivity index (χ3n) is 2.07. The van der Waals surface area contributed by atoms with E-state index in [1.54, 1.807) is 24.3 Å². The molecule has 0 fully saturated rings. The molecule has 0 radical (unpaired) electrons. The third-order valence-corrected chi connectivity index (χ3v) is 3.79. The fraction of sp³-hybridized carbons (Fsp3) is 0. The van der Waals surface area contributed by atoms with Crippen molar-refractivity contribution in [1.29, 1.82) is 0 Å². The smallest absolute Gasteiger partial charge is 0.744 e. The van der Waals surface area contributed by atoms with E-state index in [-0.39, 0.29) is 61.2 Å². The van der Waals surface area contributed by atoms with Gasteiger partial charge in [-0.2, -0.15) is 8.42 Å². The summed E-state index contributed by atoms with van der Waals surface area (Å²) in [5, 5.41) is 0. The van der Waals surface area contributed by atoms with E-state index in [9.17, 15) is 21.4 Å². The Kier molecular flexibility index (Phi) is 9.08. The molecule has 21 heavy (non-hydrogen) atoms. The minimum Gasteiger partial charge on any atom is -0.744 e. The van der Waals surface area contributed by atoms with Gasteiger partial charge >= 0.3 is 51.4 Å². The van der Waals surface area contributed by atoms with E-state index < -0.39 is 20.2 Å². The molecule has 2 rings (SSSR count). The minimum absolute atomic E-state index is 0. The van der Waals surface area contributed by atoms with E-state index in [2.05, 4.69) is 0 Å². The maximum Gasteiger partial charge on any atom is 1.00 e. The molecule has 0 aliphatic carbocycles. The standard InChI is InChI=1S/2C6H6O3S.K/c2*7-10(8,9)6-4-2-1-3-5-6;/h2*1-5H,(H,7,8,9);/q;;+1/p-1. The van der Waals surface area contributed by atoms with Gasteiger partial charge in [0.1, 0.15) is 10.1 Å². The number of benzene rings is 2. The largest absolute Gasteiger partial charge is 1.00 e. The Bertz CT molecular complexity index is 675. The summed E-state index contributed by atoms with van der Waals surface area (Å²) < 4.78 is 60.1. The number of hydrogen-bond donors (Lipinski definition) is 1. The van der Waals surface area contributed by atoms with Crippen LogP contribution in [0, 0.1) is 0 Å². The van der Waals surface area contributed by atoms with E-state index in [0.717, 1.165) is 0 Å². The monoisotopic (exact) mass is 354 g/mol. The second-order valence-corrected chi connectivity index (χ2v) is 6.36. The fourth-order valence-corrected chi connectivity index (χ4v) is 2.17. The summed E-state index contributed by atoms with van der Waals surface area (Å²) in [4.78, 5) is -0.259. The van der Waals surface area contributed by atoms with Crippen molar-refractivity contribution in [2.24, 2.45) is 0 Å². The van der Waals surface area contributed by atoms with Crippen LogP contribution in [-0.4, -0.2) is 25.9 Å². The molecule has 0 saturated heterocycles. The van der Waals surface area contributed by atoms with Crippen LogP contribution in [0.2, 0.25) is 0 Å². The van der Waals surface area contributed by atoms with Crippen LogP contribution < -0.4 is 51.4 Å². The quantitative estimate of drug-likeness (QED) is 0.520. The summed E-state index contributed by atoms with van der Waals surface area (Å²) in [5.41, 5.74) is 0. The first-order chi connectivity index (χ1) is 9.21. The van der Waals surface area contributed by atoms with Gasteiger partial charge in [0.15, 0.2) is 0 Å². The summed E-state index contributed by atoms with van der Waals surface area (Å²) in [6, 6.07) is 14.6. The third kappa shape index (κ3) is 8.19. The van der Waals surface area contributed by atoms with E-state index in [1.165, 1.54) is 36.4 Å². The van der Waals surface area contributed by atoms with Crippen LogP contribution in [0.15, 0.2) is 70.5 Å². The maximum atomic E-state index is 10.4. The zero-order valence-electron chi connectivity index (χ0n) is 11.1. The Balaban J connectivity index is 0.000000364. The molecule has 108 valence electrons. The first kappa shape index (κ1) is 20.9. The minimum atomic E-state index is -4.25. The molecule has 2 aromatic rings. The Hall–Kier alpha value is -0.104. The summed E-state index contributed by atoms with van der Waals surface area (Å²) in [6.45, 7) is 0. The normalized spacial score (nSPS) is 10.8. The average Bonchev–Trinajstić information content (AvgIpc) is 2.40. The van der Waals surface area contributed by atoms with Gasteiger partial charge < -0.3 is 4.55 Å². The van der Waals surface area contributed by atoms with Crippen molar-refractivity contribution in [1.82, 2.24) is 0 Å². The molecule has 0 aromatic heterocycles. The first-order valence-corrected chi connectivity index (χ1v) is 8.09. The summed E-state index contributed by atoms with van der Waals surface area (Å²) in [5.74, 6) is 0.